The molecule has 0 aliphatic carbocycles. The molecule has 3 rings (SSSR count). The van der Waals surface area contributed by atoms with E-state index in [0.717, 1.165) is 22.2 Å². The zero-order valence-electron chi connectivity index (χ0n) is 10.3. The average Bonchev–Trinajstić information content (AvgIpc) is 2.76. The van der Waals surface area contributed by atoms with Crippen molar-refractivity contribution in [2.75, 3.05) is 11.5 Å². The van der Waals surface area contributed by atoms with E-state index in [9.17, 15) is 0 Å². The van der Waals surface area contributed by atoms with Crippen molar-refractivity contribution >= 4 is 34.5 Å². The van der Waals surface area contributed by atoms with Crippen LogP contribution >= 0.6 is 0 Å². The maximum atomic E-state index is 6.06. The lowest BCUT2D eigenvalue weighted by Crippen LogP contribution is -1.84. The van der Waals surface area contributed by atoms with Gasteiger partial charge in [0.25, 0.3) is 0 Å². The summed E-state index contributed by atoms with van der Waals surface area (Å²) in [7, 11) is 0. The number of nitrogen functional groups attached to an aromatic ring is 2. The van der Waals surface area contributed by atoms with E-state index >= 15 is 0 Å². The standard InChI is InChI=1S/C16H14N2O/c17-12-8-5-11(6-9-12)7-10-15-16(18)13-3-1-2-4-14(13)19-15/h1-10H,17-18H2/b10-7+. The number of anilines is 2. The number of fused-ring (bicyclic) bond motifs is 1. The molecule has 0 saturated carbocycles. The Morgan fingerprint density at radius 1 is 0.842 bits per heavy atom. The lowest BCUT2D eigenvalue weighted by molar-refractivity contribution is 0.606. The van der Waals surface area contributed by atoms with E-state index in [4.69, 9.17) is 15.9 Å². The Morgan fingerprint density at radius 2 is 1.58 bits per heavy atom. The van der Waals surface area contributed by atoms with Crippen molar-refractivity contribution < 1.29 is 4.42 Å². The Bertz CT molecular complexity index is 739. The second kappa shape index (κ2) is 4.53. The molecule has 3 aromatic rings. The zero-order chi connectivity index (χ0) is 13.2. The molecule has 0 aliphatic rings. The van der Waals surface area contributed by atoms with Crippen molar-refractivity contribution in [3.8, 4) is 0 Å². The number of furan rings is 1. The first-order chi connectivity index (χ1) is 9.24. The maximum absolute atomic E-state index is 6.06. The van der Waals surface area contributed by atoms with Gasteiger partial charge in [0.05, 0.1) is 5.69 Å². The van der Waals surface area contributed by atoms with Gasteiger partial charge in [-0.25, -0.2) is 0 Å². The lowest BCUT2D eigenvalue weighted by atomic mass is 10.1. The van der Waals surface area contributed by atoms with Crippen molar-refractivity contribution in [3.63, 3.8) is 0 Å². The first-order valence-electron chi connectivity index (χ1n) is 6.04. The second-order valence-electron chi connectivity index (χ2n) is 4.38. The molecule has 19 heavy (non-hydrogen) atoms. The fourth-order valence-corrected chi connectivity index (χ4v) is 1.99. The Labute approximate surface area is 111 Å². The van der Waals surface area contributed by atoms with Gasteiger partial charge in [0.1, 0.15) is 5.58 Å². The third kappa shape index (κ3) is 2.18. The van der Waals surface area contributed by atoms with Crippen LogP contribution in [-0.4, -0.2) is 0 Å². The number of rotatable bonds is 2. The van der Waals surface area contributed by atoms with Crippen LogP contribution in [0.15, 0.2) is 52.9 Å². The van der Waals surface area contributed by atoms with Crippen LogP contribution in [0.2, 0.25) is 0 Å². The van der Waals surface area contributed by atoms with Gasteiger partial charge < -0.3 is 15.9 Å². The van der Waals surface area contributed by atoms with Gasteiger partial charge in [0.15, 0.2) is 5.76 Å². The first-order valence-corrected chi connectivity index (χ1v) is 6.04. The van der Waals surface area contributed by atoms with Gasteiger partial charge in [-0.05, 0) is 35.9 Å². The highest BCUT2D eigenvalue weighted by Gasteiger charge is 2.07. The minimum Gasteiger partial charge on any atom is -0.454 e. The van der Waals surface area contributed by atoms with E-state index in [2.05, 4.69) is 0 Å². The van der Waals surface area contributed by atoms with Crippen molar-refractivity contribution in [3.05, 3.63) is 59.9 Å². The molecule has 3 heteroatoms. The summed E-state index contributed by atoms with van der Waals surface area (Å²) in [6.07, 6.45) is 3.83. The molecule has 0 bridgehead atoms. The molecular weight excluding hydrogens is 236 g/mol. The van der Waals surface area contributed by atoms with Crippen LogP contribution in [-0.2, 0) is 0 Å². The molecule has 2 aromatic carbocycles. The average molecular weight is 250 g/mol. The van der Waals surface area contributed by atoms with Crippen LogP contribution in [0.3, 0.4) is 0 Å². The maximum Gasteiger partial charge on any atom is 0.151 e. The summed E-state index contributed by atoms with van der Waals surface area (Å²) in [6, 6.07) is 15.4. The molecule has 94 valence electrons. The molecule has 0 radical (unpaired) electrons. The third-order valence-electron chi connectivity index (χ3n) is 3.03. The molecule has 0 saturated heterocycles. The molecule has 3 nitrogen and oxygen atoms in total. The van der Waals surface area contributed by atoms with Gasteiger partial charge in [-0.3, -0.25) is 0 Å². The Hall–Kier alpha value is -2.68. The highest BCUT2D eigenvalue weighted by molar-refractivity contribution is 5.94. The number of nitrogens with two attached hydrogens (primary N) is 2. The van der Waals surface area contributed by atoms with Crippen LogP contribution in [0.4, 0.5) is 11.4 Å². The highest BCUT2D eigenvalue weighted by Crippen LogP contribution is 2.29. The topological polar surface area (TPSA) is 65.2 Å². The van der Waals surface area contributed by atoms with Crippen molar-refractivity contribution in [1.82, 2.24) is 0 Å². The minimum atomic E-state index is 0.669. The molecule has 0 amide bonds. The predicted molar refractivity (Wildman–Crippen MR) is 80.4 cm³/mol. The van der Waals surface area contributed by atoms with Gasteiger partial charge in [-0.2, -0.15) is 0 Å². The highest BCUT2D eigenvalue weighted by atomic mass is 16.3. The molecule has 1 heterocycles. The smallest absolute Gasteiger partial charge is 0.151 e. The predicted octanol–water partition coefficient (Wildman–Crippen LogP) is 3.77. The minimum absolute atomic E-state index is 0.669. The van der Waals surface area contributed by atoms with Crippen LogP contribution in [0, 0.1) is 0 Å². The lowest BCUT2D eigenvalue weighted by Gasteiger charge is -1.94. The van der Waals surface area contributed by atoms with Crippen LogP contribution in [0.25, 0.3) is 23.1 Å². The van der Waals surface area contributed by atoms with Crippen molar-refractivity contribution in [1.29, 1.82) is 0 Å². The van der Waals surface area contributed by atoms with E-state index in [1.807, 2.05) is 60.7 Å². The number of benzene rings is 2. The van der Waals surface area contributed by atoms with Crippen LogP contribution in [0.5, 0.6) is 0 Å². The third-order valence-corrected chi connectivity index (χ3v) is 3.03. The zero-order valence-corrected chi connectivity index (χ0v) is 10.3. The van der Waals surface area contributed by atoms with E-state index in [1.165, 1.54) is 0 Å². The van der Waals surface area contributed by atoms with E-state index in [1.54, 1.807) is 0 Å². The van der Waals surface area contributed by atoms with Gasteiger partial charge in [0.2, 0.25) is 0 Å². The normalized spacial score (nSPS) is 11.4. The Kier molecular flexibility index (Phi) is 2.72. The van der Waals surface area contributed by atoms with Crippen LogP contribution < -0.4 is 11.5 Å². The number of hydrogen-bond acceptors (Lipinski definition) is 3. The van der Waals surface area contributed by atoms with Gasteiger partial charge in [0, 0.05) is 11.1 Å². The molecule has 4 N–H and O–H groups in total. The summed E-state index contributed by atoms with van der Waals surface area (Å²) in [6.45, 7) is 0. The van der Waals surface area contributed by atoms with Crippen LogP contribution in [0.1, 0.15) is 11.3 Å². The van der Waals surface area contributed by atoms with E-state index in [0.29, 0.717) is 11.4 Å². The Morgan fingerprint density at radius 3 is 2.32 bits per heavy atom. The van der Waals surface area contributed by atoms with E-state index < -0.39 is 0 Å². The summed E-state index contributed by atoms with van der Waals surface area (Å²) in [4.78, 5) is 0. The second-order valence-corrected chi connectivity index (χ2v) is 4.38. The van der Waals surface area contributed by atoms with Crippen molar-refractivity contribution in [2.45, 2.75) is 0 Å². The number of para-hydroxylation sites is 1. The summed E-state index contributed by atoms with van der Waals surface area (Å²) >= 11 is 0. The monoisotopic (exact) mass is 250 g/mol. The summed E-state index contributed by atoms with van der Waals surface area (Å²) < 4.78 is 5.71. The van der Waals surface area contributed by atoms with E-state index in [-0.39, 0.29) is 0 Å². The van der Waals surface area contributed by atoms with Gasteiger partial charge in [-0.1, -0.05) is 30.3 Å². The fraction of sp³-hybridized carbons (Fsp3) is 0. The Balaban J connectivity index is 1.97. The quantitative estimate of drug-likeness (QED) is 0.680. The SMILES string of the molecule is Nc1ccc(/C=C/c2oc3ccccc3c2N)cc1. The molecule has 0 unspecified atom stereocenters. The van der Waals surface area contributed by atoms with Crippen molar-refractivity contribution in [2.24, 2.45) is 0 Å². The fourth-order valence-electron chi connectivity index (χ4n) is 1.99. The first kappa shape index (κ1) is 11.4. The molecule has 0 atom stereocenters. The summed E-state index contributed by atoms with van der Waals surface area (Å²) in [5.41, 5.74) is 15.0. The van der Waals surface area contributed by atoms with Gasteiger partial charge >= 0.3 is 0 Å². The molecule has 1 aromatic heterocycles. The largest absolute Gasteiger partial charge is 0.454 e. The molecular formula is C16H14N2O. The molecule has 0 aliphatic heterocycles. The summed E-state index contributed by atoms with van der Waals surface area (Å²) in [5.74, 6) is 0.679. The number of hydrogen-bond donors (Lipinski definition) is 2. The van der Waals surface area contributed by atoms with Gasteiger partial charge in [-0.15, -0.1) is 0 Å². The molecule has 0 spiro atoms. The summed E-state index contributed by atoms with van der Waals surface area (Å²) in [5, 5.41) is 0.944. The molecule has 0 fully saturated rings.